The highest BCUT2D eigenvalue weighted by molar-refractivity contribution is 7.90. The SMILES string of the molecule is CS(=O)(=O)c1cccc(C[O])c1. The van der Waals surface area contributed by atoms with Crippen molar-refractivity contribution >= 4 is 9.84 Å². The van der Waals surface area contributed by atoms with E-state index in [1.165, 1.54) is 12.1 Å². The Labute approximate surface area is 71.6 Å². The lowest BCUT2D eigenvalue weighted by Gasteiger charge is -1.98. The minimum Gasteiger partial charge on any atom is -0.232 e. The summed E-state index contributed by atoms with van der Waals surface area (Å²) < 4.78 is 22.0. The zero-order valence-corrected chi connectivity index (χ0v) is 7.47. The minimum atomic E-state index is -3.17. The van der Waals surface area contributed by atoms with Crippen molar-refractivity contribution in [2.45, 2.75) is 11.5 Å². The van der Waals surface area contributed by atoms with Crippen molar-refractivity contribution in [3.05, 3.63) is 29.8 Å². The topological polar surface area (TPSA) is 54.0 Å². The van der Waals surface area contributed by atoms with E-state index in [-0.39, 0.29) is 11.5 Å². The molecule has 0 N–H and O–H groups in total. The first-order chi connectivity index (χ1) is 5.54. The van der Waals surface area contributed by atoms with E-state index in [0.717, 1.165) is 6.26 Å². The van der Waals surface area contributed by atoms with Crippen LogP contribution in [0.5, 0.6) is 0 Å². The maximum atomic E-state index is 11.0. The van der Waals surface area contributed by atoms with Crippen molar-refractivity contribution in [2.75, 3.05) is 6.26 Å². The third kappa shape index (κ3) is 2.06. The quantitative estimate of drug-likeness (QED) is 0.690. The summed E-state index contributed by atoms with van der Waals surface area (Å²) in [4.78, 5) is 0.204. The van der Waals surface area contributed by atoms with Crippen LogP contribution < -0.4 is 0 Å². The summed E-state index contributed by atoms with van der Waals surface area (Å²) in [5.74, 6) is 0. The van der Waals surface area contributed by atoms with Gasteiger partial charge in [-0.3, -0.25) is 0 Å². The predicted octanol–water partition coefficient (Wildman–Crippen LogP) is 1.02. The van der Waals surface area contributed by atoms with Gasteiger partial charge in [-0.05, 0) is 17.7 Å². The number of benzene rings is 1. The predicted molar refractivity (Wildman–Crippen MR) is 43.9 cm³/mol. The van der Waals surface area contributed by atoms with Crippen LogP contribution in [0.4, 0.5) is 0 Å². The average molecular weight is 185 g/mol. The molecule has 12 heavy (non-hydrogen) atoms. The lowest BCUT2D eigenvalue weighted by molar-refractivity contribution is 0.177. The van der Waals surface area contributed by atoms with E-state index in [2.05, 4.69) is 0 Å². The lowest BCUT2D eigenvalue weighted by Crippen LogP contribution is -1.97. The highest BCUT2D eigenvalue weighted by Crippen LogP contribution is 2.10. The molecule has 1 aromatic carbocycles. The van der Waals surface area contributed by atoms with Crippen molar-refractivity contribution in [3.63, 3.8) is 0 Å². The average Bonchev–Trinajstić information content (AvgIpc) is 2.03. The minimum absolute atomic E-state index is 0.204. The molecule has 0 saturated heterocycles. The van der Waals surface area contributed by atoms with Crippen LogP contribution in [0.3, 0.4) is 0 Å². The van der Waals surface area contributed by atoms with Gasteiger partial charge in [-0.1, -0.05) is 12.1 Å². The van der Waals surface area contributed by atoms with Crippen LogP contribution in [0.25, 0.3) is 0 Å². The van der Waals surface area contributed by atoms with Crippen LogP contribution >= 0.6 is 0 Å². The summed E-state index contributed by atoms with van der Waals surface area (Å²) >= 11 is 0. The Hall–Kier alpha value is -0.870. The molecule has 0 aromatic heterocycles. The molecule has 0 spiro atoms. The normalized spacial score (nSPS) is 11.5. The van der Waals surface area contributed by atoms with E-state index >= 15 is 0 Å². The molecule has 0 aliphatic rings. The number of hydrogen-bond donors (Lipinski definition) is 0. The zero-order valence-electron chi connectivity index (χ0n) is 6.65. The zero-order chi connectivity index (χ0) is 9.19. The van der Waals surface area contributed by atoms with Crippen LogP contribution in [0.2, 0.25) is 0 Å². The van der Waals surface area contributed by atoms with Crippen molar-refractivity contribution in [2.24, 2.45) is 0 Å². The fourth-order valence-corrected chi connectivity index (χ4v) is 1.56. The third-order valence-corrected chi connectivity index (χ3v) is 2.60. The van der Waals surface area contributed by atoms with E-state index in [0.29, 0.717) is 5.56 Å². The van der Waals surface area contributed by atoms with Crippen LogP contribution in [-0.4, -0.2) is 14.7 Å². The van der Waals surface area contributed by atoms with Gasteiger partial charge in [-0.15, -0.1) is 0 Å². The molecule has 0 heterocycles. The summed E-state index contributed by atoms with van der Waals surface area (Å²) in [5.41, 5.74) is 0.498. The summed E-state index contributed by atoms with van der Waals surface area (Å²) in [6, 6.07) is 6.07. The van der Waals surface area contributed by atoms with Crippen LogP contribution in [-0.2, 0) is 21.6 Å². The number of sulfone groups is 1. The van der Waals surface area contributed by atoms with Gasteiger partial charge in [-0.25, -0.2) is 13.5 Å². The molecule has 1 radical (unpaired) electrons. The highest BCUT2D eigenvalue weighted by Gasteiger charge is 2.06. The first kappa shape index (κ1) is 9.22. The molecular formula is C8H9O3S. The van der Waals surface area contributed by atoms with Gasteiger partial charge >= 0.3 is 0 Å². The highest BCUT2D eigenvalue weighted by atomic mass is 32.2. The van der Waals surface area contributed by atoms with Gasteiger partial charge in [0.1, 0.15) is 6.61 Å². The monoisotopic (exact) mass is 185 g/mol. The second-order valence-electron chi connectivity index (χ2n) is 2.56. The second kappa shape index (κ2) is 3.25. The first-order valence-corrected chi connectivity index (χ1v) is 5.30. The Morgan fingerprint density at radius 3 is 2.50 bits per heavy atom. The molecule has 1 rings (SSSR count). The van der Waals surface area contributed by atoms with Gasteiger partial charge < -0.3 is 0 Å². The van der Waals surface area contributed by atoms with E-state index in [1.54, 1.807) is 12.1 Å². The maximum absolute atomic E-state index is 11.0. The van der Waals surface area contributed by atoms with Gasteiger partial charge in [0.15, 0.2) is 9.84 Å². The molecule has 4 heteroatoms. The smallest absolute Gasteiger partial charge is 0.175 e. The molecule has 65 valence electrons. The van der Waals surface area contributed by atoms with Gasteiger partial charge in [0, 0.05) is 6.26 Å². The van der Waals surface area contributed by atoms with Gasteiger partial charge in [0.2, 0.25) is 0 Å². The Kier molecular flexibility index (Phi) is 2.49. The third-order valence-electron chi connectivity index (χ3n) is 1.49. The van der Waals surface area contributed by atoms with E-state index in [4.69, 9.17) is 0 Å². The fraction of sp³-hybridized carbons (Fsp3) is 0.250. The van der Waals surface area contributed by atoms with Crippen molar-refractivity contribution in [1.29, 1.82) is 0 Å². The Balaban J connectivity index is 3.20. The number of hydrogen-bond acceptors (Lipinski definition) is 2. The molecule has 1 aromatic rings. The molecule has 0 unspecified atom stereocenters. The van der Waals surface area contributed by atoms with Crippen molar-refractivity contribution in [3.8, 4) is 0 Å². The molecule has 3 nitrogen and oxygen atoms in total. The van der Waals surface area contributed by atoms with E-state index < -0.39 is 9.84 Å². The van der Waals surface area contributed by atoms with Crippen LogP contribution in [0.15, 0.2) is 29.2 Å². The molecule has 0 bridgehead atoms. The summed E-state index contributed by atoms with van der Waals surface area (Å²) in [6.45, 7) is -0.386. The summed E-state index contributed by atoms with van der Waals surface area (Å²) in [6.07, 6.45) is 1.12. The van der Waals surface area contributed by atoms with Gasteiger partial charge in [0.05, 0.1) is 4.90 Å². The van der Waals surface area contributed by atoms with E-state index in [1.807, 2.05) is 0 Å². The molecule has 0 amide bonds. The van der Waals surface area contributed by atoms with Gasteiger partial charge in [-0.2, -0.15) is 0 Å². The Morgan fingerprint density at radius 2 is 2.00 bits per heavy atom. The van der Waals surface area contributed by atoms with Crippen molar-refractivity contribution < 1.29 is 13.5 Å². The fourth-order valence-electron chi connectivity index (χ4n) is 0.866. The van der Waals surface area contributed by atoms with Crippen LogP contribution in [0.1, 0.15) is 5.56 Å². The molecule has 0 atom stereocenters. The summed E-state index contributed by atoms with van der Waals surface area (Å²) in [7, 11) is -3.17. The largest absolute Gasteiger partial charge is 0.232 e. The Morgan fingerprint density at radius 1 is 1.33 bits per heavy atom. The lowest BCUT2D eigenvalue weighted by atomic mass is 10.2. The maximum Gasteiger partial charge on any atom is 0.175 e. The Bertz CT molecular complexity index is 368. The molecule has 0 fully saturated rings. The second-order valence-corrected chi connectivity index (χ2v) is 4.58. The molecule has 0 aliphatic carbocycles. The number of rotatable bonds is 2. The molecule has 0 aliphatic heterocycles. The first-order valence-electron chi connectivity index (χ1n) is 3.41. The molecular weight excluding hydrogens is 176 g/mol. The summed E-state index contributed by atoms with van der Waals surface area (Å²) in [5, 5.41) is 10.4. The van der Waals surface area contributed by atoms with E-state index in [9.17, 15) is 13.5 Å². The van der Waals surface area contributed by atoms with Crippen molar-refractivity contribution in [1.82, 2.24) is 0 Å². The standard InChI is InChI=1S/C8H9O3S/c1-12(10,11)8-4-2-3-7(5-8)6-9/h2-5H,6H2,1H3. The van der Waals surface area contributed by atoms with Crippen LogP contribution in [0, 0.1) is 0 Å². The van der Waals surface area contributed by atoms with Gasteiger partial charge in [0.25, 0.3) is 0 Å². The molecule has 0 saturated carbocycles.